The van der Waals surface area contributed by atoms with E-state index >= 15 is 0 Å². The fourth-order valence-corrected chi connectivity index (χ4v) is 0.884. The molecule has 0 unspecified atom stereocenters. The van der Waals surface area contributed by atoms with Crippen LogP contribution in [0.2, 0.25) is 0 Å². The third kappa shape index (κ3) is 5.20. The number of rotatable bonds is 4. The van der Waals surface area contributed by atoms with Crippen molar-refractivity contribution in [2.75, 3.05) is 0 Å². The average Bonchev–Trinajstić information content (AvgIpc) is 2.48. The van der Waals surface area contributed by atoms with Crippen LogP contribution < -0.4 is 0 Å². The van der Waals surface area contributed by atoms with Crippen LogP contribution in [0, 0.1) is 14.4 Å². The summed E-state index contributed by atoms with van der Waals surface area (Å²) in [6.07, 6.45) is 4.99. The van der Waals surface area contributed by atoms with Gasteiger partial charge in [-0.05, 0) is 6.42 Å². The monoisotopic (exact) mass is 351 g/mol. The molecule has 1 heterocycles. The maximum absolute atomic E-state index is 3.98. The molecule has 0 aliphatic carbocycles. The molecule has 13 heavy (non-hydrogen) atoms. The molecule has 0 atom stereocenters. The average molecular weight is 351 g/mol. The van der Waals surface area contributed by atoms with E-state index in [-0.39, 0.29) is 28.5 Å². The summed E-state index contributed by atoms with van der Waals surface area (Å²) in [5.41, 5.74) is 1.06. The molecule has 0 N–H and O–H groups in total. The van der Waals surface area contributed by atoms with E-state index in [4.69, 9.17) is 0 Å². The maximum Gasteiger partial charge on any atom is 2.00 e. The van der Waals surface area contributed by atoms with Crippen LogP contribution in [0.25, 0.3) is 0 Å². The zero-order valence-electron chi connectivity index (χ0n) is 8.36. The molecule has 0 spiro atoms. The van der Waals surface area contributed by atoms with Crippen LogP contribution in [-0.4, -0.2) is 15.0 Å². The minimum absolute atomic E-state index is 0. The molecular weight excluding hydrogens is 334 g/mol. The van der Waals surface area contributed by atoms with Gasteiger partial charge in [0.2, 0.25) is 0 Å². The smallest absolute Gasteiger partial charge is 0.358 e. The maximum atomic E-state index is 3.98. The van der Waals surface area contributed by atoms with Crippen molar-refractivity contribution in [3.63, 3.8) is 0 Å². The Morgan fingerprint density at radius 2 is 2.23 bits per heavy atom. The first kappa shape index (κ1) is 15.3. The van der Waals surface area contributed by atoms with Gasteiger partial charge in [-0.3, -0.25) is 4.68 Å². The fourth-order valence-electron chi connectivity index (χ4n) is 0.884. The Hall–Kier alpha value is -0.172. The van der Waals surface area contributed by atoms with Crippen LogP contribution in [0.5, 0.6) is 0 Å². The first-order valence-electron chi connectivity index (χ1n) is 4.05. The molecule has 1 aromatic rings. The molecule has 0 saturated heterocycles. The van der Waals surface area contributed by atoms with Gasteiger partial charge in [0.25, 0.3) is 0 Å². The van der Waals surface area contributed by atoms with Crippen molar-refractivity contribution in [2.45, 2.75) is 32.7 Å². The normalized spacial score (nSPS) is 8.77. The summed E-state index contributed by atoms with van der Waals surface area (Å²) >= 11 is 0. The van der Waals surface area contributed by atoms with Crippen LogP contribution >= 0.6 is 0 Å². The molecule has 0 amide bonds. The van der Waals surface area contributed by atoms with Gasteiger partial charge in [0.1, 0.15) is 0 Å². The van der Waals surface area contributed by atoms with Crippen molar-refractivity contribution in [3.05, 3.63) is 26.2 Å². The molecule has 4 heteroatoms. The summed E-state index contributed by atoms with van der Waals surface area (Å²) in [6, 6.07) is 0. The Balaban J connectivity index is 0. The van der Waals surface area contributed by atoms with E-state index in [1.165, 1.54) is 0 Å². The molecule has 3 nitrogen and oxygen atoms in total. The Morgan fingerprint density at radius 1 is 1.54 bits per heavy atom. The largest absolute Gasteiger partial charge is 2.00 e. The second-order valence-corrected chi connectivity index (χ2v) is 2.53. The van der Waals surface area contributed by atoms with Gasteiger partial charge in [-0.15, -0.1) is 5.10 Å². The van der Waals surface area contributed by atoms with E-state index in [1.807, 2.05) is 10.9 Å². The number of hydrogen-bond donors (Lipinski definition) is 0. The molecule has 74 valence electrons. The van der Waals surface area contributed by atoms with E-state index in [2.05, 4.69) is 24.2 Å². The van der Waals surface area contributed by atoms with Crippen molar-refractivity contribution in [2.24, 2.45) is 0 Å². The predicted octanol–water partition coefficient (Wildman–Crippen LogP) is 1.90. The van der Waals surface area contributed by atoms with Crippen LogP contribution in [0.15, 0.2) is 6.20 Å². The van der Waals surface area contributed by atoms with Gasteiger partial charge < -0.3 is 14.4 Å². The minimum Gasteiger partial charge on any atom is -0.358 e. The molecule has 1 rings (SSSR count). The first-order valence-corrected chi connectivity index (χ1v) is 4.05. The van der Waals surface area contributed by atoms with Crippen LogP contribution in [0.3, 0.4) is 0 Å². The Bertz CT molecular complexity index is 210. The van der Waals surface area contributed by atoms with Crippen LogP contribution in [-0.2, 0) is 34.0 Å². The van der Waals surface area contributed by atoms with Crippen molar-refractivity contribution in [1.29, 1.82) is 0 Å². The summed E-state index contributed by atoms with van der Waals surface area (Å²) in [5, 5.41) is 7.94. The van der Waals surface area contributed by atoms with E-state index < -0.39 is 0 Å². The third-order valence-corrected chi connectivity index (χ3v) is 1.59. The number of unbranched alkanes of at least 4 members (excludes halogenated alkanes) is 1. The van der Waals surface area contributed by atoms with E-state index in [0.29, 0.717) is 0 Å². The number of aryl methyl sites for hydroxylation is 2. The first-order chi connectivity index (χ1) is 5.36. The Labute approximate surface area is 95.2 Å². The molecular formula is C9H17N3W. The molecule has 0 bridgehead atoms. The quantitative estimate of drug-likeness (QED) is 0.776. The summed E-state index contributed by atoms with van der Waals surface area (Å²) in [7, 11) is 0. The second kappa shape index (κ2) is 8.43. The standard InChI is InChI=1S/C8H14N3.CH3.W/c1-3-5-6-11-7-8(4-2)9-10-11;;/h7H,1,3-6H2,2H3;1H3;/q2*-1;+2. The summed E-state index contributed by atoms with van der Waals surface area (Å²) < 4.78 is 1.88. The van der Waals surface area contributed by atoms with Gasteiger partial charge in [-0.1, -0.05) is 18.6 Å². The molecule has 0 fully saturated rings. The summed E-state index contributed by atoms with van der Waals surface area (Å²) in [4.78, 5) is 0. The molecule has 0 saturated carbocycles. The fraction of sp³-hybridized carbons (Fsp3) is 0.556. The van der Waals surface area contributed by atoms with Gasteiger partial charge in [0, 0.05) is 12.7 Å². The minimum atomic E-state index is 0. The van der Waals surface area contributed by atoms with E-state index in [1.54, 1.807) is 0 Å². The van der Waals surface area contributed by atoms with E-state index in [0.717, 1.165) is 31.5 Å². The molecule has 0 aromatic carbocycles. The van der Waals surface area contributed by atoms with Gasteiger partial charge in [-0.25, -0.2) is 0 Å². The Kier molecular flexibility index (Phi) is 9.92. The predicted molar refractivity (Wildman–Crippen MR) is 50.4 cm³/mol. The second-order valence-electron chi connectivity index (χ2n) is 2.53. The molecule has 0 aliphatic heterocycles. The van der Waals surface area contributed by atoms with Crippen molar-refractivity contribution in [3.8, 4) is 0 Å². The van der Waals surface area contributed by atoms with Crippen molar-refractivity contribution in [1.82, 2.24) is 15.0 Å². The summed E-state index contributed by atoms with van der Waals surface area (Å²) in [6.45, 7) is 6.79. The molecule has 0 aliphatic rings. The van der Waals surface area contributed by atoms with Crippen molar-refractivity contribution < 1.29 is 21.1 Å². The van der Waals surface area contributed by atoms with Gasteiger partial charge in [0.05, 0.1) is 5.69 Å². The number of hydrogen-bond acceptors (Lipinski definition) is 2. The summed E-state index contributed by atoms with van der Waals surface area (Å²) in [5.74, 6) is 0. The topological polar surface area (TPSA) is 30.7 Å². The number of nitrogens with zero attached hydrogens (tertiary/aromatic N) is 3. The zero-order chi connectivity index (χ0) is 8.10. The van der Waals surface area contributed by atoms with Crippen LogP contribution in [0.1, 0.15) is 25.5 Å². The van der Waals surface area contributed by atoms with Crippen LogP contribution in [0.4, 0.5) is 0 Å². The van der Waals surface area contributed by atoms with E-state index in [9.17, 15) is 0 Å². The SMILES string of the molecule is [CH2-]CCCn1cc(CC)nn1.[CH3-].[W+2]. The zero-order valence-corrected chi connectivity index (χ0v) is 11.3. The van der Waals surface area contributed by atoms with Gasteiger partial charge in [0.15, 0.2) is 0 Å². The van der Waals surface area contributed by atoms with Gasteiger partial charge in [-0.2, -0.15) is 6.42 Å². The molecule has 1 aromatic heterocycles. The number of aromatic nitrogens is 3. The third-order valence-electron chi connectivity index (χ3n) is 1.59. The molecule has 0 radical (unpaired) electrons. The van der Waals surface area contributed by atoms with Crippen molar-refractivity contribution >= 4 is 0 Å². The van der Waals surface area contributed by atoms with Gasteiger partial charge >= 0.3 is 21.1 Å². The Morgan fingerprint density at radius 3 is 2.69 bits per heavy atom.